The molecule has 2 rings (SSSR count). The fourth-order valence-electron chi connectivity index (χ4n) is 1.13. The van der Waals surface area contributed by atoms with Crippen molar-refractivity contribution >= 4 is 28.7 Å². The third kappa shape index (κ3) is 2.06. The molecule has 2 heterocycles. The average molecular weight is 242 g/mol. The van der Waals surface area contributed by atoms with E-state index in [0.717, 1.165) is 17.5 Å². The zero-order chi connectivity index (χ0) is 10.8. The van der Waals surface area contributed by atoms with E-state index in [2.05, 4.69) is 4.98 Å². The second-order valence-corrected chi connectivity index (χ2v) is 4.50. The van der Waals surface area contributed by atoms with Crippen molar-refractivity contribution < 1.29 is 9.18 Å². The van der Waals surface area contributed by atoms with E-state index < -0.39 is 5.82 Å². The predicted octanol–water partition coefficient (Wildman–Crippen LogP) is 3.17. The van der Waals surface area contributed by atoms with E-state index in [4.69, 9.17) is 11.6 Å². The van der Waals surface area contributed by atoms with Gasteiger partial charge in [-0.1, -0.05) is 11.6 Å². The molecule has 0 saturated carbocycles. The molecule has 2 aromatic heterocycles. The number of carbonyl (C=O) groups is 1. The van der Waals surface area contributed by atoms with E-state index in [9.17, 15) is 9.18 Å². The van der Waals surface area contributed by atoms with E-state index in [1.165, 1.54) is 12.3 Å². The Morgan fingerprint density at radius 2 is 2.20 bits per heavy atom. The van der Waals surface area contributed by atoms with Gasteiger partial charge in [0.1, 0.15) is 0 Å². The number of thiophene rings is 1. The van der Waals surface area contributed by atoms with Gasteiger partial charge in [0.25, 0.3) is 0 Å². The van der Waals surface area contributed by atoms with Gasteiger partial charge >= 0.3 is 0 Å². The van der Waals surface area contributed by atoms with Crippen molar-refractivity contribution in [1.82, 2.24) is 4.98 Å². The van der Waals surface area contributed by atoms with Crippen LogP contribution in [0.5, 0.6) is 0 Å². The monoisotopic (exact) mass is 241 g/mol. The SMILES string of the molecule is O=C(c1ccc(Cl)s1)c1ccncc1F. The molecule has 0 aliphatic rings. The number of pyridine rings is 1. The molecule has 0 fully saturated rings. The molecule has 0 N–H and O–H groups in total. The van der Waals surface area contributed by atoms with Gasteiger partial charge < -0.3 is 0 Å². The quantitative estimate of drug-likeness (QED) is 0.756. The Bertz CT molecular complexity index is 512. The standard InChI is InChI=1S/C10H5ClFNOS/c11-9-2-1-8(15-9)10(14)6-3-4-13-5-7(6)12/h1-5H. The molecule has 15 heavy (non-hydrogen) atoms. The Kier molecular flexibility index (Phi) is 2.79. The Balaban J connectivity index is 2.41. The first-order chi connectivity index (χ1) is 7.18. The maximum atomic E-state index is 13.2. The van der Waals surface area contributed by atoms with Crippen LogP contribution in [0.25, 0.3) is 0 Å². The van der Waals surface area contributed by atoms with E-state index in [0.29, 0.717) is 9.21 Å². The molecule has 0 bridgehead atoms. The summed E-state index contributed by atoms with van der Waals surface area (Å²) in [5, 5.41) is 0. The molecule has 0 amide bonds. The molecule has 0 aliphatic heterocycles. The lowest BCUT2D eigenvalue weighted by Gasteiger charge is -1.98. The highest BCUT2D eigenvalue weighted by atomic mass is 35.5. The molecule has 76 valence electrons. The van der Waals surface area contributed by atoms with Crippen molar-refractivity contribution in [3.8, 4) is 0 Å². The minimum atomic E-state index is -0.618. The topological polar surface area (TPSA) is 30.0 Å². The molecule has 0 aliphatic carbocycles. The van der Waals surface area contributed by atoms with Gasteiger partial charge in [-0.15, -0.1) is 11.3 Å². The number of hydrogen-bond donors (Lipinski definition) is 0. The van der Waals surface area contributed by atoms with Crippen molar-refractivity contribution in [3.63, 3.8) is 0 Å². The van der Waals surface area contributed by atoms with Crippen molar-refractivity contribution in [2.24, 2.45) is 0 Å². The third-order valence-corrected chi connectivity index (χ3v) is 3.04. The molecule has 0 radical (unpaired) electrons. The Morgan fingerprint density at radius 1 is 1.40 bits per heavy atom. The lowest BCUT2D eigenvalue weighted by atomic mass is 10.1. The van der Waals surface area contributed by atoms with Crippen molar-refractivity contribution in [2.75, 3.05) is 0 Å². The molecule has 0 unspecified atom stereocenters. The van der Waals surface area contributed by atoms with Crippen LogP contribution < -0.4 is 0 Å². The normalized spacial score (nSPS) is 10.3. The number of halogens is 2. The van der Waals surface area contributed by atoms with Crippen LogP contribution in [0.1, 0.15) is 15.2 Å². The lowest BCUT2D eigenvalue weighted by Crippen LogP contribution is -2.02. The largest absolute Gasteiger partial charge is 0.288 e. The summed E-state index contributed by atoms with van der Waals surface area (Å²) in [7, 11) is 0. The molecule has 0 atom stereocenters. The van der Waals surface area contributed by atoms with Gasteiger partial charge in [-0.05, 0) is 18.2 Å². The maximum Gasteiger partial charge on any atom is 0.206 e. The maximum absolute atomic E-state index is 13.2. The minimum Gasteiger partial charge on any atom is -0.288 e. The van der Waals surface area contributed by atoms with Gasteiger partial charge in [0, 0.05) is 6.20 Å². The molecule has 2 nitrogen and oxygen atoms in total. The summed E-state index contributed by atoms with van der Waals surface area (Å²) in [6.07, 6.45) is 2.40. The van der Waals surface area contributed by atoms with E-state index in [1.54, 1.807) is 12.1 Å². The van der Waals surface area contributed by atoms with Gasteiger partial charge in [-0.3, -0.25) is 9.78 Å². The summed E-state index contributed by atoms with van der Waals surface area (Å²) in [5.74, 6) is -0.987. The van der Waals surface area contributed by atoms with Crippen LogP contribution in [-0.2, 0) is 0 Å². The molecule has 0 aromatic carbocycles. The first kappa shape index (κ1) is 10.3. The average Bonchev–Trinajstić information content (AvgIpc) is 2.65. The molecule has 0 spiro atoms. The van der Waals surface area contributed by atoms with Gasteiger partial charge in [0.2, 0.25) is 5.78 Å². The highest BCUT2D eigenvalue weighted by Crippen LogP contribution is 2.24. The molecule has 5 heteroatoms. The summed E-state index contributed by atoms with van der Waals surface area (Å²) < 4.78 is 13.7. The Morgan fingerprint density at radius 3 is 2.80 bits per heavy atom. The summed E-state index contributed by atoms with van der Waals surface area (Å²) in [6, 6.07) is 4.54. The number of aromatic nitrogens is 1. The fourth-order valence-corrected chi connectivity index (χ4v) is 2.13. The van der Waals surface area contributed by atoms with Gasteiger partial charge in [0.05, 0.1) is 21.0 Å². The predicted molar refractivity (Wildman–Crippen MR) is 57.0 cm³/mol. The van der Waals surface area contributed by atoms with Crippen LogP contribution in [0.2, 0.25) is 4.34 Å². The number of carbonyl (C=O) groups excluding carboxylic acids is 1. The van der Waals surface area contributed by atoms with E-state index in [-0.39, 0.29) is 11.3 Å². The van der Waals surface area contributed by atoms with Crippen LogP contribution in [0, 0.1) is 5.82 Å². The molecular weight excluding hydrogens is 237 g/mol. The Labute approximate surface area is 94.3 Å². The van der Waals surface area contributed by atoms with Crippen LogP contribution >= 0.6 is 22.9 Å². The van der Waals surface area contributed by atoms with Gasteiger partial charge in [-0.2, -0.15) is 0 Å². The number of rotatable bonds is 2. The second-order valence-electron chi connectivity index (χ2n) is 2.79. The van der Waals surface area contributed by atoms with E-state index in [1.807, 2.05) is 0 Å². The zero-order valence-corrected chi connectivity index (χ0v) is 8.98. The highest BCUT2D eigenvalue weighted by Gasteiger charge is 2.15. The van der Waals surface area contributed by atoms with Crippen LogP contribution in [0.15, 0.2) is 30.6 Å². The third-order valence-electron chi connectivity index (χ3n) is 1.81. The molecular formula is C10H5ClFNOS. The van der Waals surface area contributed by atoms with Gasteiger partial charge in [0.15, 0.2) is 5.82 Å². The summed E-state index contributed by atoms with van der Waals surface area (Å²) in [6.45, 7) is 0. The van der Waals surface area contributed by atoms with Crippen LogP contribution in [0.4, 0.5) is 4.39 Å². The van der Waals surface area contributed by atoms with Crippen molar-refractivity contribution in [2.45, 2.75) is 0 Å². The molecule has 0 saturated heterocycles. The Hall–Kier alpha value is -1.26. The zero-order valence-electron chi connectivity index (χ0n) is 7.41. The summed E-state index contributed by atoms with van der Waals surface area (Å²) >= 11 is 6.82. The second kappa shape index (κ2) is 4.08. The van der Waals surface area contributed by atoms with Crippen LogP contribution in [-0.4, -0.2) is 10.8 Å². The van der Waals surface area contributed by atoms with Crippen LogP contribution in [0.3, 0.4) is 0 Å². The molecule has 2 aromatic rings. The van der Waals surface area contributed by atoms with Gasteiger partial charge in [-0.25, -0.2) is 4.39 Å². The first-order valence-electron chi connectivity index (χ1n) is 4.08. The highest BCUT2D eigenvalue weighted by molar-refractivity contribution is 7.18. The van der Waals surface area contributed by atoms with Crippen molar-refractivity contribution in [1.29, 1.82) is 0 Å². The van der Waals surface area contributed by atoms with E-state index >= 15 is 0 Å². The smallest absolute Gasteiger partial charge is 0.206 e. The lowest BCUT2D eigenvalue weighted by molar-refractivity contribution is 0.103. The first-order valence-corrected chi connectivity index (χ1v) is 5.27. The number of nitrogens with zero attached hydrogens (tertiary/aromatic N) is 1. The summed E-state index contributed by atoms with van der Waals surface area (Å²) in [4.78, 5) is 15.8. The summed E-state index contributed by atoms with van der Waals surface area (Å²) in [5.41, 5.74) is 0.0171. The number of ketones is 1. The fraction of sp³-hybridized carbons (Fsp3) is 0. The van der Waals surface area contributed by atoms with Crippen molar-refractivity contribution in [3.05, 3.63) is 51.2 Å². The minimum absolute atomic E-state index is 0.0171. The number of hydrogen-bond acceptors (Lipinski definition) is 3.